The van der Waals surface area contributed by atoms with Gasteiger partial charge in [-0.3, -0.25) is 9.59 Å². The van der Waals surface area contributed by atoms with Crippen LogP contribution in [0.15, 0.2) is 12.1 Å². The van der Waals surface area contributed by atoms with E-state index in [1.54, 1.807) is 6.92 Å². The summed E-state index contributed by atoms with van der Waals surface area (Å²) in [6, 6.07) is 1.18. The molecule has 1 amide bonds. The number of hydrogen-bond acceptors (Lipinski definition) is 4. The molecule has 0 bridgehead atoms. The van der Waals surface area contributed by atoms with Crippen molar-refractivity contribution in [2.24, 2.45) is 0 Å². The molecule has 8 heteroatoms. The molecule has 0 aromatic carbocycles. The number of nitrogens with one attached hydrogen (secondary N) is 1. The first-order chi connectivity index (χ1) is 8.79. The van der Waals surface area contributed by atoms with E-state index in [1.807, 2.05) is 0 Å². The van der Waals surface area contributed by atoms with Gasteiger partial charge in [0.25, 0.3) is 5.91 Å². The third-order valence-electron chi connectivity index (χ3n) is 2.17. The van der Waals surface area contributed by atoms with E-state index in [2.05, 4.69) is 10.3 Å². The van der Waals surface area contributed by atoms with E-state index in [1.165, 1.54) is 12.1 Å². The highest BCUT2D eigenvalue weighted by atomic mass is 35.5. The predicted octanol–water partition coefficient (Wildman–Crippen LogP) is 0.701. The first-order valence-electron chi connectivity index (χ1n) is 5.19. The number of carbonyl (C=O) groups is 3. The summed E-state index contributed by atoms with van der Waals surface area (Å²) in [5.74, 6) is -3.47. The fourth-order valence-electron chi connectivity index (χ4n) is 1.38. The number of hydrogen-bond donors (Lipinski definition) is 3. The Morgan fingerprint density at radius 3 is 2.47 bits per heavy atom. The average Bonchev–Trinajstić information content (AvgIpc) is 2.25. The molecule has 0 fully saturated rings. The molecular weight excluding hydrogens is 276 g/mol. The molecule has 0 radical (unpaired) electrons. The number of amides is 1. The minimum absolute atomic E-state index is 0.0928. The van der Waals surface area contributed by atoms with Crippen LogP contribution in [0, 0.1) is 6.92 Å². The van der Waals surface area contributed by atoms with Crippen molar-refractivity contribution in [1.29, 1.82) is 0 Å². The van der Waals surface area contributed by atoms with Crippen molar-refractivity contribution in [2.45, 2.75) is 19.4 Å². The number of pyridine rings is 1. The molecule has 7 nitrogen and oxygen atoms in total. The Balaban J connectivity index is 2.87. The van der Waals surface area contributed by atoms with Crippen LogP contribution in [0.1, 0.15) is 22.5 Å². The number of aliphatic carboxylic acids is 2. The molecule has 1 unspecified atom stereocenters. The van der Waals surface area contributed by atoms with Gasteiger partial charge < -0.3 is 15.5 Å². The summed E-state index contributed by atoms with van der Waals surface area (Å²) in [4.78, 5) is 37.0. The molecule has 1 atom stereocenters. The van der Waals surface area contributed by atoms with Crippen molar-refractivity contribution in [2.75, 3.05) is 0 Å². The standard InChI is InChI=1S/C11H11ClN2O5/c1-5-2-6(3-8(12)13-5)10(17)14-7(11(18)19)4-9(15)16/h2-3,7H,4H2,1H3,(H,14,17)(H,15,16)(H,18,19). The zero-order valence-electron chi connectivity index (χ0n) is 9.88. The van der Waals surface area contributed by atoms with Crippen LogP contribution < -0.4 is 5.32 Å². The zero-order valence-corrected chi connectivity index (χ0v) is 10.6. The van der Waals surface area contributed by atoms with Gasteiger partial charge >= 0.3 is 11.9 Å². The predicted molar refractivity (Wildman–Crippen MR) is 65.1 cm³/mol. The lowest BCUT2D eigenvalue weighted by atomic mass is 10.1. The highest BCUT2D eigenvalue weighted by Gasteiger charge is 2.23. The normalized spacial score (nSPS) is 11.7. The van der Waals surface area contributed by atoms with Crippen molar-refractivity contribution in [3.8, 4) is 0 Å². The summed E-state index contributed by atoms with van der Waals surface area (Å²) < 4.78 is 0. The molecule has 0 spiro atoms. The van der Waals surface area contributed by atoms with Crippen LogP contribution in [-0.2, 0) is 9.59 Å². The summed E-state index contributed by atoms with van der Waals surface area (Å²) in [6.45, 7) is 1.62. The van der Waals surface area contributed by atoms with E-state index in [-0.39, 0.29) is 10.7 Å². The maximum atomic E-state index is 11.8. The summed E-state index contributed by atoms with van der Waals surface area (Å²) in [7, 11) is 0. The maximum absolute atomic E-state index is 11.8. The van der Waals surface area contributed by atoms with Crippen molar-refractivity contribution in [3.63, 3.8) is 0 Å². The lowest BCUT2D eigenvalue weighted by Gasteiger charge is -2.12. The number of carbonyl (C=O) groups excluding carboxylic acids is 1. The summed E-state index contributed by atoms with van der Waals surface area (Å²) in [5, 5.41) is 19.6. The van der Waals surface area contributed by atoms with Gasteiger partial charge in [-0.2, -0.15) is 0 Å². The molecule has 1 aromatic rings. The van der Waals surface area contributed by atoms with Crippen LogP contribution in [0.3, 0.4) is 0 Å². The third kappa shape index (κ3) is 4.55. The van der Waals surface area contributed by atoms with E-state index < -0.39 is 30.3 Å². The second kappa shape index (κ2) is 6.14. The number of aryl methyl sites for hydroxylation is 1. The Morgan fingerprint density at radius 2 is 2.00 bits per heavy atom. The minimum atomic E-state index is -1.50. The number of aromatic nitrogens is 1. The van der Waals surface area contributed by atoms with Gasteiger partial charge in [-0.15, -0.1) is 0 Å². The van der Waals surface area contributed by atoms with Crippen LogP contribution >= 0.6 is 11.6 Å². The number of carboxylic acids is 2. The summed E-state index contributed by atoms with van der Waals surface area (Å²) >= 11 is 5.68. The Kier molecular flexibility index (Phi) is 4.82. The van der Waals surface area contributed by atoms with Crippen LogP contribution in [0.5, 0.6) is 0 Å². The molecule has 0 aliphatic carbocycles. The Labute approximate surface area is 113 Å². The SMILES string of the molecule is Cc1cc(C(=O)NC(CC(=O)O)C(=O)O)cc(Cl)n1. The second-order valence-electron chi connectivity index (χ2n) is 3.78. The van der Waals surface area contributed by atoms with Crippen molar-refractivity contribution in [1.82, 2.24) is 10.3 Å². The molecule has 19 heavy (non-hydrogen) atoms. The lowest BCUT2D eigenvalue weighted by Crippen LogP contribution is -2.42. The van der Waals surface area contributed by atoms with Gasteiger partial charge in [0, 0.05) is 11.3 Å². The van der Waals surface area contributed by atoms with Crippen molar-refractivity contribution < 1.29 is 24.6 Å². The highest BCUT2D eigenvalue weighted by molar-refractivity contribution is 6.29. The first kappa shape index (κ1) is 14.9. The smallest absolute Gasteiger partial charge is 0.326 e. The van der Waals surface area contributed by atoms with Crippen LogP contribution in [0.2, 0.25) is 5.15 Å². The summed E-state index contributed by atoms with van der Waals surface area (Å²) in [6.07, 6.45) is -0.709. The van der Waals surface area contributed by atoms with Gasteiger partial charge in [0.2, 0.25) is 0 Å². The quantitative estimate of drug-likeness (QED) is 0.686. The molecule has 0 aliphatic rings. The molecule has 102 valence electrons. The van der Waals surface area contributed by atoms with Crippen molar-refractivity contribution >= 4 is 29.4 Å². The van der Waals surface area contributed by atoms with Gasteiger partial charge in [0.1, 0.15) is 11.2 Å². The van der Waals surface area contributed by atoms with E-state index in [9.17, 15) is 14.4 Å². The van der Waals surface area contributed by atoms with Gasteiger partial charge in [0.05, 0.1) is 6.42 Å². The number of halogens is 1. The molecule has 1 rings (SSSR count). The number of nitrogens with zero attached hydrogens (tertiary/aromatic N) is 1. The maximum Gasteiger partial charge on any atom is 0.326 e. The van der Waals surface area contributed by atoms with E-state index in [0.29, 0.717) is 5.69 Å². The van der Waals surface area contributed by atoms with Gasteiger partial charge in [-0.25, -0.2) is 9.78 Å². The van der Waals surface area contributed by atoms with Crippen LogP contribution in [0.25, 0.3) is 0 Å². The van der Waals surface area contributed by atoms with E-state index >= 15 is 0 Å². The van der Waals surface area contributed by atoms with Gasteiger partial charge in [0.15, 0.2) is 0 Å². The van der Waals surface area contributed by atoms with Gasteiger partial charge in [-0.05, 0) is 19.1 Å². The Hall–Kier alpha value is -2.15. The second-order valence-corrected chi connectivity index (χ2v) is 4.17. The molecule has 0 saturated carbocycles. The minimum Gasteiger partial charge on any atom is -0.481 e. The van der Waals surface area contributed by atoms with Crippen molar-refractivity contribution in [3.05, 3.63) is 28.5 Å². The third-order valence-corrected chi connectivity index (χ3v) is 2.36. The zero-order chi connectivity index (χ0) is 14.6. The summed E-state index contributed by atoms with van der Waals surface area (Å²) in [5.41, 5.74) is 0.608. The molecule has 0 saturated heterocycles. The molecule has 1 aromatic heterocycles. The van der Waals surface area contributed by atoms with Gasteiger partial charge in [-0.1, -0.05) is 11.6 Å². The molecular formula is C11H11ClN2O5. The van der Waals surface area contributed by atoms with Crippen LogP contribution in [-0.4, -0.2) is 39.1 Å². The molecule has 1 heterocycles. The number of rotatable bonds is 5. The largest absolute Gasteiger partial charge is 0.481 e. The monoisotopic (exact) mass is 286 g/mol. The molecule has 0 aliphatic heterocycles. The first-order valence-corrected chi connectivity index (χ1v) is 5.57. The topological polar surface area (TPSA) is 117 Å². The molecule has 3 N–H and O–H groups in total. The fourth-order valence-corrected chi connectivity index (χ4v) is 1.63. The highest BCUT2D eigenvalue weighted by Crippen LogP contribution is 2.10. The number of carboxylic acid groups (broad SMARTS) is 2. The van der Waals surface area contributed by atoms with E-state index in [4.69, 9.17) is 21.8 Å². The average molecular weight is 287 g/mol. The Morgan fingerprint density at radius 1 is 1.37 bits per heavy atom. The fraction of sp³-hybridized carbons (Fsp3) is 0.273. The van der Waals surface area contributed by atoms with E-state index in [0.717, 1.165) is 0 Å². The Bertz CT molecular complexity index is 512. The lowest BCUT2D eigenvalue weighted by molar-refractivity contribution is -0.145. The van der Waals surface area contributed by atoms with Crippen LogP contribution in [0.4, 0.5) is 0 Å².